The van der Waals surface area contributed by atoms with Crippen LogP contribution >= 0.6 is 0 Å². The number of halogens is 3. The Balaban J connectivity index is 0.000000138. The predicted molar refractivity (Wildman–Crippen MR) is 489 cm³/mol. The first-order chi connectivity index (χ1) is 57.0. The second-order valence-corrected chi connectivity index (χ2v) is 34.9. The first-order valence-electron chi connectivity index (χ1n) is 40.3. The van der Waals surface area contributed by atoms with Crippen LogP contribution in [0.4, 0.5) is 13.2 Å². The van der Waals surface area contributed by atoms with E-state index in [1.165, 1.54) is 155 Å². The van der Waals surface area contributed by atoms with Gasteiger partial charge in [-0.25, -0.2) is 0 Å². The van der Waals surface area contributed by atoms with Crippen LogP contribution in [0, 0.1) is 20.8 Å². The fourth-order valence-corrected chi connectivity index (χ4v) is 16.5. The van der Waals surface area contributed by atoms with Gasteiger partial charge in [-0.15, -0.1) is 0 Å². The molecule has 119 heavy (non-hydrogen) atoms. The van der Waals surface area contributed by atoms with Crippen molar-refractivity contribution in [1.29, 1.82) is 0 Å². The number of alkyl halides is 3. The lowest BCUT2D eigenvalue weighted by molar-refractivity contribution is -0.0500. The molecular formula is C106H89B2F3O7S. The van der Waals surface area contributed by atoms with Crippen molar-refractivity contribution in [2.75, 3.05) is 0 Å². The van der Waals surface area contributed by atoms with Crippen LogP contribution in [-0.2, 0) is 28.7 Å². The molecule has 0 unspecified atom stereocenters. The van der Waals surface area contributed by atoms with Gasteiger partial charge in [-0.05, 0) is 295 Å². The van der Waals surface area contributed by atoms with Gasteiger partial charge in [-0.1, -0.05) is 302 Å². The third-order valence-electron chi connectivity index (χ3n) is 24.2. The van der Waals surface area contributed by atoms with E-state index in [4.69, 9.17) is 18.6 Å². The average Bonchev–Trinajstić information content (AvgIpc) is 1.53. The van der Waals surface area contributed by atoms with Crippen LogP contribution in [-0.4, -0.2) is 50.6 Å². The van der Waals surface area contributed by atoms with E-state index in [-0.39, 0.29) is 22.4 Å². The summed E-state index contributed by atoms with van der Waals surface area (Å²) in [5, 5.41) is 14.9. The molecule has 0 amide bonds. The largest absolute Gasteiger partial charge is 0.534 e. The predicted octanol–water partition coefficient (Wildman–Crippen LogP) is 27.1. The van der Waals surface area contributed by atoms with Crippen molar-refractivity contribution in [3.63, 3.8) is 0 Å². The van der Waals surface area contributed by atoms with Crippen molar-refractivity contribution in [1.82, 2.24) is 0 Å². The Morgan fingerprint density at radius 2 is 0.462 bits per heavy atom. The van der Waals surface area contributed by atoms with E-state index < -0.39 is 35.6 Å². The van der Waals surface area contributed by atoms with E-state index in [1.54, 1.807) is 12.1 Å². The van der Waals surface area contributed by atoms with Gasteiger partial charge in [0.05, 0.1) is 22.4 Å². The van der Waals surface area contributed by atoms with Crippen molar-refractivity contribution in [3.05, 3.63) is 356 Å². The van der Waals surface area contributed by atoms with Crippen LogP contribution in [0.5, 0.6) is 5.75 Å². The van der Waals surface area contributed by atoms with Crippen LogP contribution < -0.4 is 15.1 Å². The first-order valence-corrected chi connectivity index (χ1v) is 41.7. The van der Waals surface area contributed by atoms with Crippen LogP contribution in [0.15, 0.2) is 340 Å². The molecule has 19 rings (SSSR count). The highest BCUT2D eigenvalue weighted by Gasteiger charge is 2.53. The van der Waals surface area contributed by atoms with Gasteiger partial charge in [0.25, 0.3) is 0 Å². The Morgan fingerprint density at radius 1 is 0.244 bits per heavy atom. The Bertz CT molecular complexity index is 6540. The molecule has 17 aromatic carbocycles. The van der Waals surface area contributed by atoms with Gasteiger partial charge >= 0.3 is 29.9 Å². The zero-order valence-corrected chi connectivity index (χ0v) is 69.2. The number of rotatable bonds is 12. The second-order valence-electron chi connectivity index (χ2n) is 33.4. The zero-order valence-electron chi connectivity index (χ0n) is 68.4. The van der Waals surface area contributed by atoms with E-state index in [9.17, 15) is 21.6 Å². The number of aryl methyl sites for hydroxylation is 3. The number of benzene rings is 17. The van der Waals surface area contributed by atoms with Crippen LogP contribution in [0.1, 0.15) is 72.1 Å². The molecular weight excluding hydrogens is 1500 g/mol. The Labute approximate surface area is 695 Å². The second kappa shape index (κ2) is 31.3. The van der Waals surface area contributed by atoms with Crippen molar-refractivity contribution < 1.29 is 44.4 Å². The maximum Gasteiger partial charge on any atom is 0.534 e. The molecule has 0 aliphatic carbocycles. The van der Waals surface area contributed by atoms with E-state index in [0.29, 0.717) is 5.56 Å². The van der Waals surface area contributed by atoms with Crippen molar-refractivity contribution in [3.8, 4) is 94.8 Å². The highest BCUT2D eigenvalue weighted by atomic mass is 32.2. The molecule has 2 aliphatic rings. The maximum absolute atomic E-state index is 12.5. The summed E-state index contributed by atoms with van der Waals surface area (Å²) in [6.07, 6.45) is 0. The van der Waals surface area contributed by atoms with Crippen LogP contribution in [0.25, 0.3) is 154 Å². The Kier molecular flexibility index (Phi) is 20.8. The van der Waals surface area contributed by atoms with Gasteiger partial charge in [0.2, 0.25) is 0 Å². The number of hydrogen-bond donors (Lipinski definition) is 0. The molecule has 2 saturated heterocycles. The first kappa shape index (κ1) is 79.3. The molecule has 0 N–H and O–H groups in total. The average molecular weight is 1590 g/mol. The SMILES string of the molecule is CC1(C)OB(c2ccc3c4ccccc4c4ccc(B5OC(C)(C)C(C)(C)O5)cc4c3c2)OC1(C)C.Cc1ccc(-c2cccc(-c3cccc(-c4ccc5c6ccccc6c6ccc(-c7cccc(-c8cccc(-c9ccc(C)cc9)c8)c7)cc6c5c4)c3)c2)cc1.Cc1ccc(-c2cccc(-c3cccc(OS(=O)(=O)C(F)(F)F)c3)c2)cc1. The van der Waals surface area contributed by atoms with Crippen LogP contribution in [0.2, 0.25) is 0 Å². The van der Waals surface area contributed by atoms with Gasteiger partial charge < -0.3 is 22.8 Å². The molecule has 0 aromatic heterocycles. The van der Waals surface area contributed by atoms with Crippen LogP contribution in [0.3, 0.4) is 0 Å². The molecule has 2 aliphatic heterocycles. The summed E-state index contributed by atoms with van der Waals surface area (Å²) in [5.74, 6) is -0.398. The maximum atomic E-state index is 12.5. The highest BCUT2D eigenvalue weighted by molar-refractivity contribution is 7.88. The van der Waals surface area contributed by atoms with Gasteiger partial charge in [0.1, 0.15) is 5.75 Å². The summed E-state index contributed by atoms with van der Waals surface area (Å²) in [5.41, 5.74) is 16.5. The summed E-state index contributed by atoms with van der Waals surface area (Å²) >= 11 is 0. The van der Waals surface area contributed by atoms with E-state index in [2.05, 4.69) is 340 Å². The minimum atomic E-state index is -5.70. The molecule has 7 nitrogen and oxygen atoms in total. The monoisotopic (exact) mass is 1580 g/mol. The molecule has 0 radical (unpaired) electrons. The topological polar surface area (TPSA) is 80.3 Å². The zero-order chi connectivity index (χ0) is 82.9. The summed E-state index contributed by atoms with van der Waals surface area (Å²) in [6.45, 7) is 23.0. The molecule has 0 bridgehead atoms. The lowest BCUT2D eigenvalue weighted by Crippen LogP contribution is -2.41. The molecule has 17 aromatic rings. The third kappa shape index (κ3) is 15.9. The van der Waals surface area contributed by atoms with Gasteiger partial charge in [0, 0.05) is 0 Å². The molecule has 588 valence electrons. The standard InChI is InChI=1S/C56H40.C30H34B2O4.C20H15F3O3S/c1-37-19-23-39(24-20-37)41-9-5-11-43(31-41)45-13-7-15-47(33-45)49-27-29-53-51-17-3-4-18-52(51)54-30-28-50(36-56(54)55(53)35-49)48-16-8-14-46(34-48)44-12-6-10-42(32-44)40-25-21-38(2)22-26-40;1-27(2)28(3,4)34-31(33-27)19-13-15-23-21-11-9-10-12-22(21)24-16-14-20(18-26(24)25(23)17-19)32-35-29(5,6)30(7,8)36-32;1-14-8-10-15(11-9-14)16-4-2-5-17(12-16)18-6-3-7-19(13-18)26-27(24,25)20(21,22)23/h3-36H,1-2H3;9-18H,1-8H3;2-13H,1H3. The van der Waals surface area contributed by atoms with E-state index >= 15 is 0 Å². The summed E-state index contributed by atoms with van der Waals surface area (Å²) in [4.78, 5) is 0. The van der Waals surface area contributed by atoms with E-state index in [0.717, 1.165) is 39.2 Å². The fourth-order valence-electron chi connectivity index (χ4n) is 16.1. The Morgan fingerprint density at radius 3 is 0.739 bits per heavy atom. The summed E-state index contributed by atoms with van der Waals surface area (Å²) in [7, 11) is -6.52. The van der Waals surface area contributed by atoms with Gasteiger partial charge in [-0.2, -0.15) is 21.6 Å². The summed E-state index contributed by atoms with van der Waals surface area (Å²) in [6, 6.07) is 119. The lowest BCUT2D eigenvalue weighted by Gasteiger charge is -2.32. The smallest absolute Gasteiger partial charge is 0.399 e. The van der Waals surface area contributed by atoms with Crippen molar-refractivity contribution in [2.24, 2.45) is 0 Å². The molecule has 0 spiro atoms. The fraction of sp³-hybridized carbons (Fsp3) is 0.151. The summed E-state index contributed by atoms with van der Waals surface area (Å²) < 4.78 is 89.6. The number of fused-ring (bicyclic) bond motifs is 12. The Hall–Kier alpha value is -12.2. The minimum absolute atomic E-state index is 0.387. The van der Waals surface area contributed by atoms with Gasteiger partial charge in [0.15, 0.2) is 0 Å². The number of hydrogen-bond acceptors (Lipinski definition) is 7. The minimum Gasteiger partial charge on any atom is -0.399 e. The molecule has 0 saturated carbocycles. The highest BCUT2D eigenvalue weighted by Crippen LogP contribution is 2.45. The van der Waals surface area contributed by atoms with Crippen molar-refractivity contribution in [2.45, 2.75) is 104 Å². The molecule has 0 atom stereocenters. The molecule has 2 heterocycles. The lowest BCUT2D eigenvalue weighted by atomic mass is 9.75. The molecule has 13 heteroatoms. The third-order valence-corrected chi connectivity index (χ3v) is 25.2. The normalized spacial score (nSPS) is 14.8. The van der Waals surface area contributed by atoms with E-state index in [1.807, 2.05) is 49.4 Å². The van der Waals surface area contributed by atoms with Crippen molar-refractivity contribution >= 4 is 99.9 Å². The van der Waals surface area contributed by atoms with Gasteiger partial charge in [-0.3, -0.25) is 0 Å². The quantitative estimate of drug-likeness (QED) is 0.0522. The molecule has 2 fully saturated rings.